The number of nitrogens with zero attached hydrogens (tertiary/aromatic N) is 5. The molecule has 1 unspecified atom stereocenters. The van der Waals surface area contributed by atoms with Crippen LogP contribution in [0.15, 0.2) is 33.9 Å². The third kappa shape index (κ3) is 6.26. The van der Waals surface area contributed by atoms with Gasteiger partial charge in [-0.15, -0.1) is 0 Å². The van der Waals surface area contributed by atoms with Crippen molar-refractivity contribution in [3.05, 3.63) is 41.6 Å². The first-order chi connectivity index (χ1) is 16.0. The summed E-state index contributed by atoms with van der Waals surface area (Å²) in [5.74, 6) is 1.24. The lowest BCUT2D eigenvalue weighted by atomic mass is 10.2. The number of carbonyl (C=O) groups is 1. The highest BCUT2D eigenvalue weighted by atomic mass is 32.1. The number of anilines is 1. The van der Waals surface area contributed by atoms with E-state index in [1.54, 1.807) is 17.0 Å². The van der Waals surface area contributed by atoms with Crippen molar-refractivity contribution < 1.29 is 13.9 Å². The highest BCUT2D eigenvalue weighted by molar-refractivity contribution is 7.80. The number of ether oxygens (including phenoxy) is 1. The van der Waals surface area contributed by atoms with Gasteiger partial charge in [-0.2, -0.15) is 4.99 Å². The largest absolute Gasteiger partial charge is 0.459 e. The van der Waals surface area contributed by atoms with E-state index in [2.05, 4.69) is 25.6 Å². The van der Waals surface area contributed by atoms with Crippen LogP contribution in [0.4, 0.5) is 5.95 Å². The molecule has 0 spiro atoms. The van der Waals surface area contributed by atoms with E-state index in [1.165, 1.54) is 6.26 Å². The number of nitrogens with one attached hydrogen (secondary N) is 2. The molecule has 2 saturated heterocycles. The van der Waals surface area contributed by atoms with Crippen LogP contribution in [0.25, 0.3) is 0 Å². The smallest absolute Gasteiger partial charge is 0.289 e. The zero-order valence-electron chi connectivity index (χ0n) is 18.9. The summed E-state index contributed by atoms with van der Waals surface area (Å²) in [6, 6.07) is 5.31. The monoisotopic (exact) mass is 471 g/mol. The highest BCUT2D eigenvalue weighted by Crippen LogP contribution is 2.13. The van der Waals surface area contributed by atoms with Gasteiger partial charge in [-0.3, -0.25) is 10.1 Å². The summed E-state index contributed by atoms with van der Waals surface area (Å²) in [5, 5.41) is 6.78. The van der Waals surface area contributed by atoms with Crippen LogP contribution in [-0.4, -0.2) is 82.2 Å². The van der Waals surface area contributed by atoms with Crippen LogP contribution in [0.1, 0.15) is 34.8 Å². The van der Waals surface area contributed by atoms with Crippen LogP contribution in [0.2, 0.25) is 0 Å². The number of aryl methyl sites for hydroxylation is 2. The van der Waals surface area contributed by atoms with Crippen molar-refractivity contribution in [1.29, 1.82) is 0 Å². The molecule has 2 aromatic heterocycles. The Hall–Kier alpha value is -3.05. The van der Waals surface area contributed by atoms with Crippen molar-refractivity contribution >= 4 is 35.1 Å². The zero-order valence-corrected chi connectivity index (χ0v) is 19.7. The molecule has 2 aliphatic rings. The second-order valence-electron chi connectivity index (χ2n) is 8.11. The average Bonchev–Trinajstić information content (AvgIpc) is 3.51. The van der Waals surface area contributed by atoms with Crippen LogP contribution in [0.3, 0.4) is 0 Å². The minimum absolute atomic E-state index is 0.113. The SMILES string of the molecule is Cc1cc(C)nc(N/C(=N/C(=S)NCC2CCCO2)N2CCN(C(=O)c3ccco3)CC2)n1. The lowest BCUT2D eigenvalue weighted by Crippen LogP contribution is -2.52. The summed E-state index contributed by atoms with van der Waals surface area (Å²) in [6.45, 7) is 7.48. The van der Waals surface area contributed by atoms with Gasteiger partial charge in [0, 0.05) is 50.7 Å². The Kier molecular flexibility index (Phi) is 7.50. The van der Waals surface area contributed by atoms with Crippen molar-refractivity contribution in [2.45, 2.75) is 32.8 Å². The van der Waals surface area contributed by atoms with Crippen molar-refractivity contribution in [2.24, 2.45) is 4.99 Å². The molecule has 1 amide bonds. The van der Waals surface area contributed by atoms with Crippen LogP contribution >= 0.6 is 12.2 Å². The second-order valence-corrected chi connectivity index (χ2v) is 8.50. The molecule has 0 saturated carbocycles. The highest BCUT2D eigenvalue weighted by Gasteiger charge is 2.26. The van der Waals surface area contributed by atoms with Gasteiger partial charge in [-0.05, 0) is 57.1 Å². The van der Waals surface area contributed by atoms with Crippen LogP contribution in [0, 0.1) is 13.8 Å². The summed E-state index contributed by atoms with van der Waals surface area (Å²) in [5.41, 5.74) is 1.72. The molecule has 2 fully saturated rings. The first-order valence-electron chi connectivity index (χ1n) is 11.1. The maximum atomic E-state index is 12.6. The topological polar surface area (TPSA) is 108 Å². The van der Waals surface area contributed by atoms with Crippen LogP contribution in [-0.2, 0) is 4.74 Å². The number of guanidine groups is 1. The molecule has 0 bridgehead atoms. The molecule has 0 aromatic carbocycles. The average molecular weight is 472 g/mol. The van der Waals surface area contributed by atoms with E-state index >= 15 is 0 Å². The predicted molar refractivity (Wildman–Crippen MR) is 128 cm³/mol. The molecule has 0 aliphatic carbocycles. The molecule has 2 aromatic rings. The lowest BCUT2D eigenvalue weighted by Gasteiger charge is -2.36. The number of amides is 1. The number of aliphatic imine (C=N–C) groups is 1. The van der Waals surface area contributed by atoms with Crippen molar-refractivity contribution in [3.8, 4) is 0 Å². The Balaban J connectivity index is 1.44. The minimum Gasteiger partial charge on any atom is -0.459 e. The number of hydrogen-bond donors (Lipinski definition) is 2. The fourth-order valence-electron chi connectivity index (χ4n) is 3.88. The molecule has 2 aliphatic heterocycles. The van der Waals surface area contributed by atoms with E-state index in [-0.39, 0.29) is 12.0 Å². The second kappa shape index (κ2) is 10.7. The van der Waals surface area contributed by atoms with Gasteiger partial charge in [0.25, 0.3) is 5.91 Å². The van der Waals surface area contributed by atoms with Crippen LogP contribution in [0.5, 0.6) is 0 Å². The summed E-state index contributed by atoms with van der Waals surface area (Å²) >= 11 is 5.48. The minimum atomic E-state index is -0.113. The summed E-state index contributed by atoms with van der Waals surface area (Å²) in [6.07, 6.45) is 3.76. The number of hydrogen-bond acceptors (Lipinski definition) is 6. The number of rotatable bonds is 4. The third-order valence-electron chi connectivity index (χ3n) is 5.52. The fourth-order valence-corrected chi connectivity index (χ4v) is 4.05. The van der Waals surface area contributed by atoms with Gasteiger partial charge in [0.1, 0.15) is 0 Å². The maximum absolute atomic E-state index is 12.6. The molecule has 4 heterocycles. The summed E-state index contributed by atoms with van der Waals surface area (Å²) in [7, 11) is 0. The zero-order chi connectivity index (χ0) is 23.2. The summed E-state index contributed by atoms with van der Waals surface area (Å²) in [4.78, 5) is 30.0. The van der Waals surface area contributed by atoms with E-state index in [9.17, 15) is 4.79 Å². The number of thiocarbonyl (C=S) groups is 1. The standard InChI is InChI=1S/C22H29N7O3S/c1-15-13-16(2)25-20(24-15)26-21(27-22(33)23-14-17-5-3-11-31-17)29-9-7-28(8-10-29)19(30)18-6-4-12-32-18/h4,6,12-13,17H,3,5,7-11,14H2,1-2H3,(H2,23,24,25,26,27,33). The van der Waals surface area contributed by atoms with E-state index in [1.807, 2.05) is 24.8 Å². The molecular weight excluding hydrogens is 442 g/mol. The first-order valence-corrected chi connectivity index (χ1v) is 11.5. The molecule has 2 N–H and O–H groups in total. The Labute approximate surface area is 198 Å². The van der Waals surface area contributed by atoms with Gasteiger partial charge >= 0.3 is 0 Å². The molecule has 10 nitrogen and oxygen atoms in total. The van der Waals surface area contributed by atoms with Gasteiger partial charge in [0.2, 0.25) is 11.9 Å². The van der Waals surface area contributed by atoms with Gasteiger partial charge in [-0.1, -0.05) is 0 Å². The molecule has 4 rings (SSSR count). The maximum Gasteiger partial charge on any atom is 0.289 e. The third-order valence-corrected chi connectivity index (χ3v) is 5.75. The molecule has 1 atom stereocenters. The van der Waals surface area contributed by atoms with E-state index in [0.717, 1.165) is 30.8 Å². The van der Waals surface area contributed by atoms with Crippen molar-refractivity contribution in [3.63, 3.8) is 0 Å². The quantitative estimate of drug-likeness (QED) is 0.393. The predicted octanol–water partition coefficient (Wildman–Crippen LogP) is 1.97. The van der Waals surface area contributed by atoms with Crippen LogP contribution < -0.4 is 10.6 Å². The van der Waals surface area contributed by atoms with E-state index in [4.69, 9.17) is 21.4 Å². The molecule has 33 heavy (non-hydrogen) atoms. The summed E-state index contributed by atoms with van der Waals surface area (Å²) < 4.78 is 10.9. The Morgan fingerprint density at radius 3 is 2.58 bits per heavy atom. The number of carbonyl (C=O) groups excluding carboxylic acids is 1. The number of piperazine rings is 1. The molecule has 176 valence electrons. The van der Waals surface area contributed by atoms with Gasteiger partial charge in [-0.25, -0.2) is 9.97 Å². The van der Waals surface area contributed by atoms with Gasteiger partial charge < -0.3 is 24.3 Å². The molecule has 11 heteroatoms. The Morgan fingerprint density at radius 2 is 1.94 bits per heavy atom. The van der Waals surface area contributed by atoms with E-state index < -0.39 is 0 Å². The Morgan fingerprint density at radius 1 is 1.21 bits per heavy atom. The van der Waals surface area contributed by atoms with E-state index in [0.29, 0.717) is 55.5 Å². The molecule has 0 radical (unpaired) electrons. The van der Waals surface area contributed by atoms with Crippen molar-refractivity contribution in [1.82, 2.24) is 25.1 Å². The number of aromatic nitrogens is 2. The fraction of sp³-hybridized carbons (Fsp3) is 0.500. The Bertz CT molecular complexity index is 977. The lowest BCUT2D eigenvalue weighted by molar-refractivity contribution is 0.0660. The van der Waals surface area contributed by atoms with Gasteiger partial charge in [0.15, 0.2) is 10.9 Å². The van der Waals surface area contributed by atoms with Gasteiger partial charge in [0.05, 0.1) is 12.4 Å². The van der Waals surface area contributed by atoms with Crippen molar-refractivity contribution in [2.75, 3.05) is 44.6 Å². The molecular formula is C22H29N7O3S. The normalized spacial score (nSPS) is 19.0. The first kappa shape index (κ1) is 23.1. The number of furan rings is 1.